The van der Waals surface area contributed by atoms with E-state index in [2.05, 4.69) is 13.8 Å². The molecule has 0 amide bonds. The largest absolute Gasteiger partial charge is 0.497 e. The van der Waals surface area contributed by atoms with E-state index >= 15 is 0 Å². The molecule has 3 nitrogen and oxygen atoms in total. The number of fused-ring (bicyclic) bond motifs is 1. The normalized spacial score (nSPS) is 22.9. The van der Waals surface area contributed by atoms with Crippen molar-refractivity contribution in [1.82, 2.24) is 0 Å². The molecule has 1 aliphatic heterocycles. The van der Waals surface area contributed by atoms with Gasteiger partial charge in [-0.3, -0.25) is 4.21 Å². The minimum absolute atomic E-state index is 0.369. The predicted octanol–water partition coefficient (Wildman–Crippen LogP) is 5.82. The summed E-state index contributed by atoms with van der Waals surface area (Å²) in [4.78, 5) is 0.645. The van der Waals surface area contributed by atoms with Gasteiger partial charge in [0.2, 0.25) is 0 Å². The van der Waals surface area contributed by atoms with Crippen molar-refractivity contribution in [1.29, 1.82) is 0 Å². The van der Waals surface area contributed by atoms with Crippen molar-refractivity contribution in [3.63, 3.8) is 0 Å². The van der Waals surface area contributed by atoms with Crippen molar-refractivity contribution < 1.29 is 18.4 Å². The Morgan fingerprint density at radius 2 is 1.73 bits per heavy atom. The fourth-order valence-electron chi connectivity index (χ4n) is 4.71. The quantitative estimate of drug-likeness (QED) is 0.572. The van der Waals surface area contributed by atoms with E-state index in [1.165, 1.54) is 12.1 Å². The molecule has 0 aliphatic carbocycles. The monoisotopic (exact) mass is 432 g/mol. The topological polar surface area (TPSA) is 46.5 Å². The molecule has 0 spiro atoms. The SMILES string of the molecule is CCCCC1(CCCC)C[S@@](=O)c2ccc(F)cc2[C@@H](c2ccc(OC)cc2)[C@H]1O. The fourth-order valence-corrected chi connectivity index (χ4v) is 6.52. The molecule has 0 unspecified atom stereocenters. The number of aliphatic hydroxyl groups is 1. The second kappa shape index (κ2) is 10.1. The third-order valence-electron chi connectivity index (χ3n) is 6.45. The highest BCUT2D eigenvalue weighted by molar-refractivity contribution is 7.85. The lowest BCUT2D eigenvalue weighted by Gasteiger charge is -2.40. The molecule has 0 fully saturated rings. The van der Waals surface area contributed by atoms with Gasteiger partial charge in [-0.25, -0.2) is 4.39 Å². The van der Waals surface area contributed by atoms with Crippen LogP contribution < -0.4 is 4.74 Å². The summed E-state index contributed by atoms with van der Waals surface area (Å²) in [6.07, 6.45) is 4.87. The first kappa shape index (κ1) is 23.0. The van der Waals surface area contributed by atoms with E-state index in [1.807, 2.05) is 24.3 Å². The van der Waals surface area contributed by atoms with E-state index in [9.17, 15) is 13.7 Å². The lowest BCUT2D eigenvalue weighted by molar-refractivity contribution is 0.0130. The Kier molecular flexibility index (Phi) is 7.70. The zero-order chi connectivity index (χ0) is 21.7. The van der Waals surface area contributed by atoms with Gasteiger partial charge in [0, 0.05) is 22.0 Å². The van der Waals surface area contributed by atoms with Crippen LogP contribution in [0.15, 0.2) is 47.4 Å². The number of hydrogen-bond acceptors (Lipinski definition) is 3. The number of unbranched alkanes of at least 4 members (excludes halogenated alkanes) is 2. The highest BCUT2D eigenvalue weighted by atomic mass is 32.2. The first-order valence-electron chi connectivity index (χ1n) is 11.0. The van der Waals surface area contributed by atoms with Gasteiger partial charge < -0.3 is 9.84 Å². The fraction of sp³-hybridized carbons (Fsp3) is 0.520. The van der Waals surface area contributed by atoms with Gasteiger partial charge in [-0.05, 0) is 54.3 Å². The van der Waals surface area contributed by atoms with Crippen LogP contribution in [0.5, 0.6) is 5.75 Å². The smallest absolute Gasteiger partial charge is 0.123 e. The van der Waals surface area contributed by atoms with Crippen LogP contribution >= 0.6 is 0 Å². The van der Waals surface area contributed by atoms with Crippen LogP contribution in [-0.4, -0.2) is 28.3 Å². The van der Waals surface area contributed by atoms with E-state index in [0.29, 0.717) is 16.2 Å². The van der Waals surface area contributed by atoms with Gasteiger partial charge in [0.1, 0.15) is 11.6 Å². The molecule has 164 valence electrons. The summed E-state index contributed by atoms with van der Waals surface area (Å²) >= 11 is 0. The number of rotatable bonds is 8. The maximum Gasteiger partial charge on any atom is 0.123 e. The highest BCUT2D eigenvalue weighted by Gasteiger charge is 2.47. The number of methoxy groups -OCH3 is 1. The minimum Gasteiger partial charge on any atom is -0.497 e. The van der Waals surface area contributed by atoms with Crippen LogP contribution in [-0.2, 0) is 10.8 Å². The third-order valence-corrected chi connectivity index (χ3v) is 8.14. The zero-order valence-electron chi connectivity index (χ0n) is 18.2. The summed E-state index contributed by atoms with van der Waals surface area (Å²) in [5, 5.41) is 11.9. The van der Waals surface area contributed by atoms with Crippen LogP contribution in [0, 0.1) is 11.2 Å². The highest BCUT2D eigenvalue weighted by Crippen LogP contribution is 2.48. The molecular weight excluding hydrogens is 399 g/mol. The Labute approximate surface area is 182 Å². The Morgan fingerprint density at radius 1 is 1.10 bits per heavy atom. The summed E-state index contributed by atoms with van der Waals surface area (Å²) in [5.41, 5.74) is 1.07. The van der Waals surface area contributed by atoms with Crippen LogP contribution in [0.1, 0.15) is 69.4 Å². The first-order valence-corrected chi connectivity index (χ1v) is 12.3. The molecule has 2 aromatic rings. The molecule has 2 aromatic carbocycles. The third kappa shape index (κ3) is 4.62. The number of ether oxygens (including phenoxy) is 1. The Morgan fingerprint density at radius 3 is 2.30 bits per heavy atom. The van der Waals surface area contributed by atoms with Gasteiger partial charge in [-0.15, -0.1) is 0 Å². The Hall–Kier alpha value is -1.72. The van der Waals surface area contributed by atoms with E-state index in [1.54, 1.807) is 13.2 Å². The maximum absolute atomic E-state index is 14.3. The van der Waals surface area contributed by atoms with Crippen molar-refractivity contribution >= 4 is 10.8 Å². The molecule has 0 saturated carbocycles. The van der Waals surface area contributed by atoms with Crippen LogP contribution in [0.2, 0.25) is 0 Å². The molecule has 0 radical (unpaired) electrons. The molecule has 0 saturated heterocycles. The number of halogens is 1. The average Bonchev–Trinajstić information content (AvgIpc) is 2.84. The predicted molar refractivity (Wildman–Crippen MR) is 120 cm³/mol. The van der Waals surface area contributed by atoms with E-state index in [0.717, 1.165) is 49.8 Å². The van der Waals surface area contributed by atoms with Gasteiger partial charge in [0.15, 0.2) is 0 Å². The van der Waals surface area contributed by atoms with E-state index < -0.39 is 28.2 Å². The van der Waals surface area contributed by atoms with E-state index in [-0.39, 0.29) is 5.82 Å². The average molecular weight is 433 g/mol. The van der Waals surface area contributed by atoms with Crippen molar-refractivity contribution in [3.8, 4) is 5.75 Å². The molecule has 30 heavy (non-hydrogen) atoms. The van der Waals surface area contributed by atoms with E-state index in [4.69, 9.17) is 4.74 Å². The molecule has 1 aliphatic rings. The summed E-state index contributed by atoms with van der Waals surface area (Å²) in [6.45, 7) is 4.28. The summed E-state index contributed by atoms with van der Waals surface area (Å²) in [6, 6.07) is 12.1. The molecular formula is C25H33FO3S. The van der Waals surface area contributed by atoms with Gasteiger partial charge in [-0.1, -0.05) is 51.7 Å². The van der Waals surface area contributed by atoms with Gasteiger partial charge in [0.25, 0.3) is 0 Å². The molecule has 1 heterocycles. The Balaban J connectivity index is 2.18. The Bertz CT molecular complexity index is 857. The van der Waals surface area contributed by atoms with Crippen molar-refractivity contribution in [2.45, 2.75) is 69.3 Å². The minimum atomic E-state index is -1.29. The molecule has 0 bridgehead atoms. The molecule has 5 heteroatoms. The van der Waals surface area contributed by atoms with Gasteiger partial charge in [-0.2, -0.15) is 0 Å². The first-order chi connectivity index (χ1) is 14.5. The lowest BCUT2D eigenvalue weighted by Crippen LogP contribution is -2.42. The van der Waals surface area contributed by atoms with Crippen molar-refractivity contribution in [2.24, 2.45) is 5.41 Å². The van der Waals surface area contributed by atoms with Crippen LogP contribution in [0.3, 0.4) is 0 Å². The second-order valence-electron chi connectivity index (χ2n) is 8.44. The molecule has 1 N–H and O–H groups in total. The summed E-state index contributed by atoms with van der Waals surface area (Å²) < 4.78 is 33.0. The lowest BCUT2D eigenvalue weighted by atomic mass is 9.68. The molecule has 3 rings (SSSR count). The van der Waals surface area contributed by atoms with Crippen molar-refractivity contribution in [3.05, 3.63) is 59.4 Å². The van der Waals surface area contributed by atoms with Crippen LogP contribution in [0.4, 0.5) is 4.39 Å². The van der Waals surface area contributed by atoms with Crippen LogP contribution in [0.25, 0.3) is 0 Å². The molecule has 3 atom stereocenters. The zero-order valence-corrected chi connectivity index (χ0v) is 19.0. The molecule has 0 aromatic heterocycles. The standard InChI is InChI=1S/C25H33FO3S/c1-4-6-14-25(15-7-5-2)17-30(28)22-13-10-19(26)16-21(22)23(24(25)27)18-8-11-20(29-3)12-9-18/h8-13,16,23-24,27H,4-7,14-15,17H2,1-3H3/t23-,24-,30-/m1/s1. The second-order valence-corrected chi connectivity index (χ2v) is 9.86. The van der Waals surface area contributed by atoms with Crippen molar-refractivity contribution in [2.75, 3.05) is 12.9 Å². The van der Waals surface area contributed by atoms with Gasteiger partial charge >= 0.3 is 0 Å². The number of hydrogen-bond donors (Lipinski definition) is 1. The number of aliphatic hydroxyl groups excluding tert-OH is 1. The maximum atomic E-state index is 14.3. The summed E-state index contributed by atoms with van der Waals surface area (Å²) in [7, 11) is 0.325. The summed E-state index contributed by atoms with van der Waals surface area (Å²) in [5.74, 6) is 0.348. The van der Waals surface area contributed by atoms with Gasteiger partial charge in [0.05, 0.1) is 24.0 Å². The number of benzene rings is 2.